The van der Waals surface area contributed by atoms with Crippen molar-refractivity contribution in [2.24, 2.45) is 0 Å². The fourth-order valence-corrected chi connectivity index (χ4v) is 3.01. The summed E-state index contributed by atoms with van der Waals surface area (Å²) < 4.78 is 0. The number of fused-ring (bicyclic) bond motifs is 3. The van der Waals surface area contributed by atoms with Crippen LogP contribution in [0.2, 0.25) is 0 Å². The zero-order valence-electron chi connectivity index (χ0n) is 12.9. The fourth-order valence-electron chi connectivity index (χ4n) is 3.01. The van der Waals surface area contributed by atoms with E-state index in [9.17, 15) is 19.5 Å². The number of hydrogen-bond acceptors (Lipinski definition) is 4. The van der Waals surface area contributed by atoms with Crippen LogP contribution < -0.4 is 10.6 Å². The molecule has 1 aliphatic heterocycles. The summed E-state index contributed by atoms with van der Waals surface area (Å²) in [7, 11) is 0. The molecule has 0 aliphatic carbocycles. The van der Waals surface area contributed by atoms with Crippen LogP contribution in [0.15, 0.2) is 54.6 Å². The maximum absolute atomic E-state index is 12.5. The first-order valence-electron chi connectivity index (χ1n) is 7.57. The number of phenolic OH excluding ortho intramolecular Hbond substituents is 1. The number of nitrogens with one attached hydrogen (secondary N) is 2. The molecule has 3 aromatic carbocycles. The Morgan fingerprint density at radius 1 is 0.840 bits per heavy atom. The highest BCUT2D eigenvalue weighted by Crippen LogP contribution is 2.41. The summed E-state index contributed by atoms with van der Waals surface area (Å²) in [6, 6.07) is 15.1. The average molecular weight is 332 g/mol. The van der Waals surface area contributed by atoms with Gasteiger partial charge in [-0.15, -0.1) is 0 Å². The Morgan fingerprint density at radius 2 is 1.44 bits per heavy atom. The Bertz CT molecular complexity index is 1060. The molecule has 3 N–H and O–H groups in total. The molecule has 4 rings (SSSR count). The average Bonchev–Trinajstić information content (AvgIpc) is 2.93. The van der Waals surface area contributed by atoms with Crippen molar-refractivity contribution < 1.29 is 19.5 Å². The van der Waals surface area contributed by atoms with Gasteiger partial charge in [-0.2, -0.15) is 0 Å². The van der Waals surface area contributed by atoms with Crippen molar-refractivity contribution in [1.29, 1.82) is 0 Å². The van der Waals surface area contributed by atoms with E-state index in [1.807, 2.05) is 0 Å². The third-order valence-electron chi connectivity index (χ3n) is 4.14. The van der Waals surface area contributed by atoms with Crippen LogP contribution >= 0.6 is 0 Å². The number of hydrogen-bond donors (Lipinski definition) is 3. The number of imide groups is 1. The molecule has 3 aromatic rings. The molecule has 3 amide bonds. The lowest BCUT2D eigenvalue weighted by atomic mass is 9.97. The summed E-state index contributed by atoms with van der Waals surface area (Å²) in [5.74, 6) is -1.93. The van der Waals surface area contributed by atoms with Crippen molar-refractivity contribution in [3.8, 4) is 5.75 Å². The zero-order chi connectivity index (χ0) is 17.6. The van der Waals surface area contributed by atoms with Crippen LogP contribution in [0.5, 0.6) is 5.75 Å². The number of phenols is 1. The first-order chi connectivity index (χ1) is 12.1. The second-order valence-electron chi connectivity index (χ2n) is 5.62. The third kappa shape index (κ3) is 2.23. The SMILES string of the molecule is O=C(Nc1c2c(c3ccccc3c1O)C(=O)NC2=O)c1ccccc1. The van der Waals surface area contributed by atoms with Crippen LogP contribution in [0.3, 0.4) is 0 Å². The Labute approximate surface area is 142 Å². The molecule has 0 saturated heterocycles. The van der Waals surface area contributed by atoms with E-state index >= 15 is 0 Å². The first-order valence-corrected chi connectivity index (χ1v) is 7.57. The smallest absolute Gasteiger partial charge is 0.261 e. The van der Waals surface area contributed by atoms with Gasteiger partial charge in [0.2, 0.25) is 0 Å². The molecule has 0 saturated carbocycles. The Hall–Kier alpha value is -3.67. The van der Waals surface area contributed by atoms with Crippen LogP contribution in [0, 0.1) is 0 Å². The van der Waals surface area contributed by atoms with Crippen molar-refractivity contribution in [3.63, 3.8) is 0 Å². The fraction of sp³-hybridized carbons (Fsp3) is 0. The molecule has 25 heavy (non-hydrogen) atoms. The minimum atomic E-state index is -0.649. The first kappa shape index (κ1) is 14.9. The van der Waals surface area contributed by atoms with Gasteiger partial charge in [0.05, 0.1) is 16.8 Å². The molecule has 0 fully saturated rings. The number of amides is 3. The maximum Gasteiger partial charge on any atom is 0.261 e. The van der Waals surface area contributed by atoms with E-state index in [1.54, 1.807) is 54.6 Å². The molecular weight excluding hydrogens is 320 g/mol. The van der Waals surface area contributed by atoms with Crippen LogP contribution in [0.4, 0.5) is 5.69 Å². The molecule has 0 radical (unpaired) electrons. The minimum Gasteiger partial charge on any atom is -0.505 e. The van der Waals surface area contributed by atoms with E-state index in [-0.39, 0.29) is 22.6 Å². The van der Waals surface area contributed by atoms with Gasteiger partial charge in [-0.1, -0.05) is 42.5 Å². The van der Waals surface area contributed by atoms with E-state index in [0.717, 1.165) is 0 Å². The van der Waals surface area contributed by atoms with Gasteiger partial charge in [0.15, 0.2) is 0 Å². The molecule has 0 unspecified atom stereocenters. The van der Waals surface area contributed by atoms with Gasteiger partial charge in [-0.3, -0.25) is 19.7 Å². The summed E-state index contributed by atoms with van der Waals surface area (Å²) >= 11 is 0. The summed E-state index contributed by atoms with van der Waals surface area (Å²) in [6.07, 6.45) is 0. The summed E-state index contributed by atoms with van der Waals surface area (Å²) in [5.41, 5.74) is 0.437. The molecule has 1 heterocycles. The molecule has 6 nitrogen and oxygen atoms in total. The Balaban J connectivity index is 1.94. The van der Waals surface area contributed by atoms with Crippen molar-refractivity contribution in [2.45, 2.75) is 0 Å². The van der Waals surface area contributed by atoms with Gasteiger partial charge in [0.1, 0.15) is 5.75 Å². The van der Waals surface area contributed by atoms with Crippen molar-refractivity contribution in [2.75, 3.05) is 5.32 Å². The van der Waals surface area contributed by atoms with E-state index in [1.165, 1.54) is 0 Å². The molecule has 0 bridgehead atoms. The largest absolute Gasteiger partial charge is 0.505 e. The molecular formula is C19H12N2O4. The van der Waals surface area contributed by atoms with E-state index < -0.39 is 17.7 Å². The zero-order valence-corrected chi connectivity index (χ0v) is 12.9. The quantitative estimate of drug-likeness (QED) is 0.497. The molecule has 0 aromatic heterocycles. The second-order valence-corrected chi connectivity index (χ2v) is 5.62. The highest BCUT2D eigenvalue weighted by Gasteiger charge is 2.34. The van der Waals surface area contributed by atoms with E-state index in [2.05, 4.69) is 10.6 Å². The van der Waals surface area contributed by atoms with E-state index in [4.69, 9.17) is 0 Å². The van der Waals surface area contributed by atoms with Gasteiger partial charge in [-0.05, 0) is 17.5 Å². The van der Waals surface area contributed by atoms with Crippen molar-refractivity contribution >= 4 is 34.2 Å². The Morgan fingerprint density at radius 3 is 2.16 bits per heavy atom. The number of rotatable bonds is 2. The number of anilines is 1. The van der Waals surface area contributed by atoms with E-state index in [0.29, 0.717) is 16.3 Å². The second kappa shape index (κ2) is 5.45. The van der Waals surface area contributed by atoms with Crippen molar-refractivity contribution in [1.82, 2.24) is 5.32 Å². The maximum atomic E-state index is 12.5. The summed E-state index contributed by atoms with van der Waals surface area (Å²) in [5, 5.41) is 16.2. The van der Waals surface area contributed by atoms with Crippen LogP contribution in [-0.2, 0) is 0 Å². The molecule has 0 atom stereocenters. The molecule has 1 aliphatic rings. The highest BCUT2D eigenvalue weighted by atomic mass is 16.3. The standard InChI is InChI=1S/C19H12N2O4/c22-16-12-9-5-4-8-11(12)13-14(19(25)21-18(13)24)15(16)20-17(23)10-6-2-1-3-7-10/h1-9,22H,(H,20,23)(H,21,24,25). The predicted molar refractivity (Wildman–Crippen MR) is 91.8 cm³/mol. The minimum absolute atomic E-state index is 0.0227. The highest BCUT2D eigenvalue weighted by molar-refractivity contribution is 6.31. The number of benzene rings is 3. The van der Waals surface area contributed by atoms with Crippen LogP contribution in [-0.4, -0.2) is 22.8 Å². The van der Waals surface area contributed by atoms with Gasteiger partial charge < -0.3 is 10.4 Å². The number of carbonyl (C=O) groups is 3. The normalized spacial score (nSPS) is 12.8. The lowest BCUT2D eigenvalue weighted by Gasteiger charge is -2.14. The molecule has 122 valence electrons. The van der Waals surface area contributed by atoms with Crippen LogP contribution in [0.1, 0.15) is 31.1 Å². The number of aromatic hydroxyl groups is 1. The Kier molecular flexibility index (Phi) is 3.25. The van der Waals surface area contributed by atoms with Gasteiger partial charge in [0, 0.05) is 10.9 Å². The number of carbonyl (C=O) groups excluding carboxylic acids is 3. The monoisotopic (exact) mass is 332 g/mol. The topological polar surface area (TPSA) is 95.5 Å². The van der Waals surface area contributed by atoms with Crippen LogP contribution in [0.25, 0.3) is 10.8 Å². The molecule has 0 spiro atoms. The molecule has 6 heteroatoms. The summed E-state index contributed by atoms with van der Waals surface area (Å²) in [4.78, 5) is 36.9. The van der Waals surface area contributed by atoms with Gasteiger partial charge in [-0.25, -0.2) is 0 Å². The third-order valence-corrected chi connectivity index (χ3v) is 4.14. The van der Waals surface area contributed by atoms with Gasteiger partial charge in [0.25, 0.3) is 17.7 Å². The predicted octanol–water partition coefficient (Wildman–Crippen LogP) is 2.68. The van der Waals surface area contributed by atoms with Gasteiger partial charge >= 0.3 is 0 Å². The lowest BCUT2D eigenvalue weighted by Crippen LogP contribution is -2.21. The summed E-state index contributed by atoms with van der Waals surface area (Å²) in [6.45, 7) is 0. The lowest BCUT2D eigenvalue weighted by molar-refractivity contribution is 0.0880. The van der Waals surface area contributed by atoms with Crippen molar-refractivity contribution in [3.05, 3.63) is 71.3 Å².